The number of benzene rings is 1. The van der Waals surface area contributed by atoms with Crippen molar-refractivity contribution in [1.82, 2.24) is 14.8 Å². The van der Waals surface area contributed by atoms with E-state index >= 15 is 0 Å². The van der Waals surface area contributed by atoms with Crippen LogP contribution in [-0.2, 0) is 4.74 Å². The molecule has 1 saturated heterocycles. The van der Waals surface area contributed by atoms with Crippen molar-refractivity contribution in [3.8, 4) is 0 Å². The van der Waals surface area contributed by atoms with Crippen LogP contribution in [0, 0.1) is 6.92 Å². The lowest BCUT2D eigenvalue weighted by atomic mass is 10.1. The molecule has 1 aromatic carbocycles. The number of carbonyl (C=O) groups excluding carboxylic acids is 2. The van der Waals surface area contributed by atoms with Crippen LogP contribution < -0.4 is 10.7 Å². The lowest BCUT2D eigenvalue weighted by Crippen LogP contribution is -2.52. The standard InChI is InChI=1S/C18H22N4O4/c1-3-26-18(25)22-8-6-21(7-9-22)17(24)20-15-11-19-14-5-4-12(2)10-13(14)16(15)23/h4-5,10-11H,3,6-9H2,1-2H3,(H,19,23)(H,20,24). The van der Waals surface area contributed by atoms with Gasteiger partial charge in [-0.1, -0.05) is 11.6 Å². The van der Waals surface area contributed by atoms with Crippen molar-refractivity contribution in [3.63, 3.8) is 0 Å². The molecule has 2 N–H and O–H groups in total. The minimum absolute atomic E-state index is 0.209. The molecule has 3 rings (SSSR count). The van der Waals surface area contributed by atoms with Gasteiger partial charge in [0.15, 0.2) is 0 Å². The second-order valence-electron chi connectivity index (χ2n) is 6.18. The number of aromatic nitrogens is 1. The topological polar surface area (TPSA) is 94.7 Å². The molecule has 138 valence electrons. The Balaban J connectivity index is 1.67. The highest BCUT2D eigenvalue weighted by atomic mass is 16.6. The zero-order valence-corrected chi connectivity index (χ0v) is 14.9. The average Bonchev–Trinajstić information content (AvgIpc) is 2.64. The van der Waals surface area contributed by atoms with E-state index in [1.165, 1.54) is 6.20 Å². The fourth-order valence-corrected chi connectivity index (χ4v) is 2.93. The molecular weight excluding hydrogens is 336 g/mol. The molecule has 0 radical (unpaired) electrons. The maximum atomic E-state index is 12.6. The van der Waals surface area contributed by atoms with Gasteiger partial charge in [0.05, 0.1) is 6.61 Å². The third-order valence-electron chi connectivity index (χ3n) is 4.37. The summed E-state index contributed by atoms with van der Waals surface area (Å²) in [6, 6.07) is 5.19. The van der Waals surface area contributed by atoms with Gasteiger partial charge in [0, 0.05) is 43.3 Å². The third kappa shape index (κ3) is 3.63. The van der Waals surface area contributed by atoms with Gasteiger partial charge in [-0.3, -0.25) is 4.79 Å². The Labute approximate surface area is 150 Å². The molecule has 2 heterocycles. The summed E-state index contributed by atoms with van der Waals surface area (Å²) in [6.45, 7) is 5.56. The van der Waals surface area contributed by atoms with Crippen LogP contribution in [0.3, 0.4) is 0 Å². The molecule has 3 amide bonds. The van der Waals surface area contributed by atoms with Crippen molar-refractivity contribution in [2.24, 2.45) is 0 Å². The molecule has 1 aliphatic heterocycles. The molecule has 8 nitrogen and oxygen atoms in total. The van der Waals surface area contributed by atoms with E-state index < -0.39 is 0 Å². The molecule has 0 spiro atoms. The number of pyridine rings is 1. The normalized spacial score (nSPS) is 14.4. The Hall–Kier alpha value is -3.03. The molecule has 1 fully saturated rings. The number of H-pyrrole nitrogens is 1. The molecule has 0 unspecified atom stereocenters. The van der Waals surface area contributed by atoms with Crippen LogP contribution in [0.2, 0.25) is 0 Å². The highest BCUT2D eigenvalue weighted by Crippen LogP contribution is 2.13. The second kappa shape index (κ2) is 7.47. The van der Waals surface area contributed by atoms with E-state index in [0.29, 0.717) is 38.2 Å². The first kappa shape index (κ1) is 17.8. The number of fused-ring (bicyclic) bond motifs is 1. The van der Waals surface area contributed by atoms with Gasteiger partial charge >= 0.3 is 12.1 Å². The monoisotopic (exact) mass is 358 g/mol. The van der Waals surface area contributed by atoms with Crippen LogP contribution in [0.15, 0.2) is 29.2 Å². The number of carbonyl (C=O) groups is 2. The first-order chi connectivity index (χ1) is 12.5. The van der Waals surface area contributed by atoms with Crippen LogP contribution >= 0.6 is 0 Å². The van der Waals surface area contributed by atoms with E-state index in [1.54, 1.807) is 22.8 Å². The van der Waals surface area contributed by atoms with Crippen molar-refractivity contribution in [2.75, 3.05) is 38.1 Å². The van der Waals surface area contributed by atoms with Crippen molar-refractivity contribution < 1.29 is 14.3 Å². The maximum absolute atomic E-state index is 12.6. The van der Waals surface area contributed by atoms with Gasteiger partial charge in [-0.15, -0.1) is 0 Å². The number of anilines is 1. The number of ether oxygens (including phenoxy) is 1. The zero-order chi connectivity index (χ0) is 18.7. The van der Waals surface area contributed by atoms with Gasteiger partial charge < -0.3 is 24.8 Å². The number of rotatable bonds is 2. The lowest BCUT2D eigenvalue weighted by molar-refractivity contribution is 0.0868. The van der Waals surface area contributed by atoms with Crippen LogP contribution in [0.1, 0.15) is 12.5 Å². The largest absolute Gasteiger partial charge is 0.450 e. The molecule has 2 aromatic rings. The third-order valence-corrected chi connectivity index (χ3v) is 4.37. The number of nitrogens with zero attached hydrogens (tertiary/aromatic N) is 2. The molecule has 8 heteroatoms. The first-order valence-electron chi connectivity index (χ1n) is 8.59. The molecule has 0 aliphatic carbocycles. The SMILES string of the molecule is CCOC(=O)N1CCN(C(=O)Nc2c[nH]c3ccc(C)cc3c2=O)CC1. The highest BCUT2D eigenvalue weighted by Gasteiger charge is 2.25. The summed E-state index contributed by atoms with van der Waals surface area (Å²) < 4.78 is 4.96. The number of nitrogens with one attached hydrogen (secondary N) is 2. The minimum Gasteiger partial charge on any atom is -0.450 e. The number of aromatic amines is 1. The summed E-state index contributed by atoms with van der Waals surface area (Å²) in [6.07, 6.45) is 1.14. The van der Waals surface area contributed by atoms with Gasteiger partial charge in [-0.2, -0.15) is 0 Å². The molecule has 0 atom stereocenters. The Morgan fingerprint density at radius 2 is 1.88 bits per heavy atom. The maximum Gasteiger partial charge on any atom is 0.409 e. The highest BCUT2D eigenvalue weighted by molar-refractivity contribution is 5.92. The summed E-state index contributed by atoms with van der Waals surface area (Å²) >= 11 is 0. The van der Waals surface area contributed by atoms with Crippen LogP contribution in [0.4, 0.5) is 15.3 Å². The van der Waals surface area contributed by atoms with Crippen LogP contribution in [-0.4, -0.2) is 59.7 Å². The second-order valence-corrected chi connectivity index (χ2v) is 6.18. The number of amides is 3. The van der Waals surface area contributed by atoms with Crippen LogP contribution in [0.25, 0.3) is 10.9 Å². The summed E-state index contributed by atoms with van der Waals surface area (Å²) in [4.78, 5) is 42.9. The predicted octanol–water partition coefficient (Wildman–Crippen LogP) is 2.14. The van der Waals surface area contributed by atoms with Gasteiger partial charge in [0.1, 0.15) is 5.69 Å². The number of aryl methyl sites for hydroxylation is 1. The number of urea groups is 1. The average molecular weight is 358 g/mol. The predicted molar refractivity (Wildman–Crippen MR) is 98.5 cm³/mol. The fourth-order valence-electron chi connectivity index (χ4n) is 2.93. The quantitative estimate of drug-likeness (QED) is 0.860. The Kier molecular flexibility index (Phi) is 5.11. The Bertz CT molecular complexity index is 884. The number of piperazine rings is 1. The van der Waals surface area contributed by atoms with Crippen molar-refractivity contribution in [2.45, 2.75) is 13.8 Å². The van der Waals surface area contributed by atoms with E-state index in [9.17, 15) is 14.4 Å². The minimum atomic E-state index is -0.367. The fraction of sp³-hybridized carbons (Fsp3) is 0.389. The van der Waals surface area contributed by atoms with Crippen molar-refractivity contribution >= 4 is 28.7 Å². The van der Waals surface area contributed by atoms with E-state index in [2.05, 4.69) is 10.3 Å². The number of hydrogen-bond acceptors (Lipinski definition) is 4. The summed E-state index contributed by atoms with van der Waals surface area (Å²) in [5.41, 5.74) is 1.69. The van der Waals surface area contributed by atoms with E-state index in [0.717, 1.165) is 11.1 Å². The van der Waals surface area contributed by atoms with Gasteiger partial charge in [0.25, 0.3) is 0 Å². The Morgan fingerprint density at radius 1 is 1.19 bits per heavy atom. The summed E-state index contributed by atoms with van der Waals surface area (Å²) in [5, 5.41) is 3.21. The van der Waals surface area contributed by atoms with E-state index in [4.69, 9.17) is 4.74 Å². The van der Waals surface area contributed by atoms with Gasteiger partial charge in [0.2, 0.25) is 5.43 Å². The van der Waals surface area contributed by atoms with Crippen molar-refractivity contribution in [3.05, 3.63) is 40.2 Å². The molecular formula is C18H22N4O4. The summed E-state index contributed by atoms with van der Waals surface area (Å²) in [7, 11) is 0. The smallest absolute Gasteiger partial charge is 0.409 e. The lowest BCUT2D eigenvalue weighted by Gasteiger charge is -2.33. The summed E-state index contributed by atoms with van der Waals surface area (Å²) in [5.74, 6) is 0. The number of hydrogen-bond donors (Lipinski definition) is 2. The molecule has 1 aliphatic rings. The van der Waals surface area contributed by atoms with Crippen LogP contribution in [0.5, 0.6) is 0 Å². The molecule has 1 aromatic heterocycles. The van der Waals surface area contributed by atoms with Gasteiger partial charge in [-0.05, 0) is 26.0 Å². The molecule has 26 heavy (non-hydrogen) atoms. The van der Waals surface area contributed by atoms with E-state index in [1.807, 2.05) is 19.1 Å². The molecule has 0 bridgehead atoms. The first-order valence-corrected chi connectivity index (χ1v) is 8.59. The zero-order valence-electron chi connectivity index (χ0n) is 14.9. The van der Waals surface area contributed by atoms with Crippen molar-refractivity contribution in [1.29, 1.82) is 0 Å². The Morgan fingerprint density at radius 3 is 2.58 bits per heavy atom. The molecule has 0 saturated carbocycles. The van der Waals surface area contributed by atoms with Gasteiger partial charge in [-0.25, -0.2) is 9.59 Å². The van der Waals surface area contributed by atoms with E-state index in [-0.39, 0.29) is 23.2 Å².